The Morgan fingerprint density at radius 3 is 2.59 bits per heavy atom. The second-order valence-corrected chi connectivity index (χ2v) is 5.82. The predicted molar refractivity (Wildman–Crippen MR) is 75.5 cm³/mol. The molecule has 0 amide bonds. The zero-order valence-electron chi connectivity index (χ0n) is 10.2. The highest BCUT2D eigenvalue weighted by Crippen LogP contribution is 2.29. The van der Waals surface area contributed by atoms with E-state index in [0.29, 0.717) is 6.04 Å². The van der Waals surface area contributed by atoms with E-state index in [9.17, 15) is 0 Å². The smallest absolute Gasteiger partial charge is 0.0279 e. The molecule has 1 aromatic carbocycles. The van der Waals surface area contributed by atoms with Gasteiger partial charge in [0.25, 0.3) is 0 Å². The van der Waals surface area contributed by atoms with Crippen molar-refractivity contribution in [3.63, 3.8) is 0 Å². The monoisotopic (exact) mass is 296 g/mol. The lowest BCUT2D eigenvalue weighted by Crippen LogP contribution is -2.43. The minimum Gasteiger partial charge on any atom is -0.271 e. The fourth-order valence-electron chi connectivity index (χ4n) is 2.80. The van der Waals surface area contributed by atoms with Crippen molar-refractivity contribution >= 4 is 15.9 Å². The first-order chi connectivity index (χ1) is 8.31. The highest BCUT2D eigenvalue weighted by atomic mass is 79.9. The molecule has 2 rings (SSSR count). The number of hydrogen-bond donors (Lipinski definition) is 2. The fraction of sp³-hybridized carbons (Fsp3) is 0.571. The van der Waals surface area contributed by atoms with Crippen molar-refractivity contribution in [2.24, 2.45) is 11.8 Å². The Hall–Kier alpha value is -0.380. The number of nitrogens with two attached hydrogens (primary N) is 1. The molecule has 0 aromatic heterocycles. The summed E-state index contributed by atoms with van der Waals surface area (Å²) in [5, 5.41) is 0. The van der Waals surface area contributed by atoms with E-state index in [1.165, 1.54) is 42.1 Å². The lowest BCUT2D eigenvalue weighted by molar-refractivity contribution is 0.268. The summed E-state index contributed by atoms with van der Waals surface area (Å²) in [5.41, 5.74) is 4.37. The Balaban J connectivity index is 2.01. The molecule has 0 bridgehead atoms. The molecule has 1 aromatic rings. The Morgan fingerprint density at radius 1 is 1.24 bits per heavy atom. The number of benzene rings is 1. The summed E-state index contributed by atoms with van der Waals surface area (Å²) in [6, 6.07) is 8.84. The lowest BCUT2D eigenvalue weighted by Gasteiger charge is -2.30. The highest BCUT2D eigenvalue weighted by Gasteiger charge is 2.23. The van der Waals surface area contributed by atoms with Gasteiger partial charge in [0, 0.05) is 10.5 Å². The summed E-state index contributed by atoms with van der Waals surface area (Å²) in [6.07, 6.45) is 7.77. The highest BCUT2D eigenvalue weighted by molar-refractivity contribution is 9.10. The van der Waals surface area contributed by atoms with E-state index < -0.39 is 0 Å². The van der Waals surface area contributed by atoms with Crippen molar-refractivity contribution in [2.75, 3.05) is 0 Å². The molecule has 0 heterocycles. The summed E-state index contributed by atoms with van der Waals surface area (Å²) in [4.78, 5) is 0. The maximum Gasteiger partial charge on any atom is 0.0279 e. The van der Waals surface area contributed by atoms with Crippen molar-refractivity contribution in [3.05, 3.63) is 34.3 Å². The van der Waals surface area contributed by atoms with Gasteiger partial charge < -0.3 is 0 Å². The number of hydrogen-bond acceptors (Lipinski definition) is 2. The van der Waals surface area contributed by atoms with E-state index in [1.54, 1.807) is 0 Å². The van der Waals surface area contributed by atoms with Gasteiger partial charge in [-0.25, -0.2) is 0 Å². The predicted octanol–water partition coefficient (Wildman–Crippen LogP) is 3.40. The lowest BCUT2D eigenvalue weighted by atomic mass is 9.82. The zero-order chi connectivity index (χ0) is 12.1. The van der Waals surface area contributed by atoms with Crippen molar-refractivity contribution in [3.8, 4) is 0 Å². The van der Waals surface area contributed by atoms with Gasteiger partial charge in [0.05, 0.1) is 0 Å². The summed E-state index contributed by atoms with van der Waals surface area (Å²) in [6.45, 7) is 0. The Kier molecular flexibility index (Phi) is 5.01. The first-order valence-electron chi connectivity index (χ1n) is 6.51. The second kappa shape index (κ2) is 6.53. The van der Waals surface area contributed by atoms with Crippen LogP contribution in [0.3, 0.4) is 0 Å². The maximum atomic E-state index is 5.74. The molecule has 94 valence electrons. The molecule has 0 saturated heterocycles. The van der Waals surface area contributed by atoms with Gasteiger partial charge in [-0.1, -0.05) is 53.4 Å². The van der Waals surface area contributed by atoms with E-state index in [2.05, 4.69) is 45.6 Å². The van der Waals surface area contributed by atoms with E-state index in [1.807, 2.05) is 0 Å². The summed E-state index contributed by atoms with van der Waals surface area (Å²) in [5.74, 6) is 6.47. The molecule has 1 unspecified atom stereocenters. The maximum absolute atomic E-state index is 5.74. The van der Waals surface area contributed by atoms with Gasteiger partial charge >= 0.3 is 0 Å². The van der Waals surface area contributed by atoms with Gasteiger partial charge in [0.15, 0.2) is 0 Å². The van der Waals surface area contributed by atoms with Crippen molar-refractivity contribution in [1.82, 2.24) is 5.43 Å². The molecular formula is C14H21BrN2. The molecule has 1 saturated carbocycles. The average molecular weight is 297 g/mol. The molecule has 3 heteroatoms. The Morgan fingerprint density at radius 2 is 1.94 bits per heavy atom. The van der Waals surface area contributed by atoms with Crippen LogP contribution in [0.2, 0.25) is 0 Å². The molecule has 2 nitrogen and oxygen atoms in total. The topological polar surface area (TPSA) is 38.0 Å². The van der Waals surface area contributed by atoms with Crippen LogP contribution in [0, 0.1) is 5.92 Å². The van der Waals surface area contributed by atoms with Gasteiger partial charge in [-0.2, -0.15) is 0 Å². The first-order valence-corrected chi connectivity index (χ1v) is 7.30. The Labute approximate surface area is 112 Å². The molecule has 0 radical (unpaired) electrons. The van der Waals surface area contributed by atoms with E-state index in [-0.39, 0.29) is 0 Å². The van der Waals surface area contributed by atoms with Crippen LogP contribution in [0.4, 0.5) is 0 Å². The van der Waals surface area contributed by atoms with Crippen LogP contribution in [0.1, 0.15) is 37.7 Å². The third kappa shape index (κ3) is 3.54. The van der Waals surface area contributed by atoms with Gasteiger partial charge in [-0.15, -0.1) is 0 Å². The van der Waals surface area contributed by atoms with Crippen molar-refractivity contribution in [2.45, 2.75) is 44.6 Å². The minimum absolute atomic E-state index is 0.411. The standard InChI is InChI=1S/C14H21BrN2/c15-13-9-5-4-8-12(13)10-14(17-16)11-6-2-1-3-7-11/h4-5,8-9,11,14,17H,1-3,6-7,10,16H2. The fourth-order valence-corrected chi connectivity index (χ4v) is 3.25. The van der Waals surface area contributed by atoms with E-state index >= 15 is 0 Å². The molecule has 0 aliphatic heterocycles. The van der Waals surface area contributed by atoms with Gasteiger partial charge in [-0.3, -0.25) is 11.3 Å². The molecule has 1 atom stereocenters. The van der Waals surface area contributed by atoms with Gasteiger partial charge in [0.2, 0.25) is 0 Å². The molecule has 1 aliphatic carbocycles. The van der Waals surface area contributed by atoms with E-state index in [4.69, 9.17) is 5.84 Å². The average Bonchev–Trinajstić information content (AvgIpc) is 2.39. The van der Waals surface area contributed by atoms with Crippen LogP contribution in [0.15, 0.2) is 28.7 Å². The first kappa shape index (κ1) is 13.1. The molecule has 3 N–H and O–H groups in total. The third-order valence-electron chi connectivity index (χ3n) is 3.83. The molecular weight excluding hydrogens is 276 g/mol. The normalized spacial score (nSPS) is 19.2. The molecule has 17 heavy (non-hydrogen) atoms. The van der Waals surface area contributed by atoms with Crippen LogP contribution in [0.25, 0.3) is 0 Å². The van der Waals surface area contributed by atoms with Crippen LogP contribution < -0.4 is 11.3 Å². The number of nitrogens with one attached hydrogen (secondary N) is 1. The van der Waals surface area contributed by atoms with Gasteiger partial charge in [0.1, 0.15) is 0 Å². The van der Waals surface area contributed by atoms with Gasteiger partial charge in [-0.05, 0) is 36.8 Å². The molecule has 1 fully saturated rings. The molecule has 1 aliphatic rings. The van der Waals surface area contributed by atoms with Crippen molar-refractivity contribution in [1.29, 1.82) is 0 Å². The quantitative estimate of drug-likeness (QED) is 0.660. The number of hydrazine groups is 1. The Bertz CT molecular complexity index is 348. The largest absolute Gasteiger partial charge is 0.271 e. The number of rotatable bonds is 4. The van der Waals surface area contributed by atoms with Crippen LogP contribution >= 0.6 is 15.9 Å². The van der Waals surface area contributed by atoms with Crippen LogP contribution in [0.5, 0.6) is 0 Å². The SMILES string of the molecule is NNC(Cc1ccccc1Br)C1CCCCC1. The zero-order valence-corrected chi connectivity index (χ0v) is 11.7. The van der Waals surface area contributed by atoms with Crippen LogP contribution in [-0.4, -0.2) is 6.04 Å². The molecule has 0 spiro atoms. The second-order valence-electron chi connectivity index (χ2n) is 4.97. The summed E-state index contributed by atoms with van der Waals surface area (Å²) in [7, 11) is 0. The minimum atomic E-state index is 0.411. The van der Waals surface area contributed by atoms with Crippen LogP contribution in [-0.2, 0) is 6.42 Å². The number of halogens is 1. The summed E-state index contributed by atoms with van der Waals surface area (Å²) < 4.78 is 1.19. The third-order valence-corrected chi connectivity index (χ3v) is 4.60. The van der Waals surface area contributed by atoms with E-state index in [0.717, 1.165) is 12.3 Å². The van der Waals surface area contributed by atoms with Crippen molar-refractivity contribution < 1.29 is 0 Å². The summed E-state index contributed by atoms with van der Waals surface area (Å²) >= 11 is 3.61.